The van der Waals surface area contributed by atoms with Crippen molar-refractivity contribution in [3.8, 4) is 17.2 Å². The number of carbonyl (C=O) groups is 1. The van der Waals surface area contributed by atoms with Crippen molar-refractivity contribution in [3.63, 3.8) is 0 Å². The van der Waals surface area contributed by atoms with Crippen LogP contribution in [-0.4, -0.2) is 40.1 Å². The second kappa shape index (κ2) is 10.6. The quantitative estimate of drug-likeness (QED) is 0.495. The molecule has 0 radical (unpaired) electrons. The fourth-order valence-corrected chi connectivity index (χ4v) is 3.42. The van der Waals surface area contributed by atoms with Crippen molar-refractivity contribution in [1.29, 1.82) is 0 Å². The fraction of sp³-hybridized carbons (Fsp3) is 0.286. The van der Waals surface area contributed by atoms with Gasteiger partial charge >= 0.3 is 0 Å². The molecule has 3 aromatic rings. The Kier molecular flexibility index (Phi) is 7.67. The van der Waals surface area contributed by atoms with Crippen LogP contribution in [-0.2, 0) is 11.4 Å². The molecule has 1 aromatic heterocycles. The molecule has 0 fully saturated rings. The summed E-state index contributed by atoms with van der Waals surface area (Å²) in [6.07, 6.45) is 0.856. The van der Waals surface area contributed by atoms with Crippen molar-refractivity contribution in [2.24, 2.45) is 0 Å². The summed E-state index contributed by atoms with van der Waals surface area (Å²) in [6.45, 7) is 2.67. The first-order valence-electron chi connectivity index (χ1n) is 9.48. The highest BCUT2D eigenvalue weighted by atomic mass is 32.2. The molecule has 2 aromatic carbocycles. The van der Waals surface area contributed by atoms with E-state index in [1.54, 1.807) is 54.1 Å². The highest BCUT2D eigenvalue weighted by Gasteiger charge is 2.18. The number of carbonyl (C=O) groups excluding carboxylic acids is 1. The van der Waals surface area contributed by atoms with Gasteiger partial charge in [0.15, 0.2) is 11.0 Å². The number of amides is 1. The third kappa shape index (κ3) is 5.50. The van der Waals surface area contributed by atoms with E-state index in [4.69, 9.17) is 9.47 Å². The monoisotopic (exact) mass is 430 g/mol. The molecule has 7 nitrogen and oxygen atoms in total. The summed E-state index contributed by atoms with van der Waals surface area (Å²) in [6, 6.07) is 13.5. The maximum Gasteiger partial charge on any atom is 0.230 e. The molecule has 9 heteroatoms. The van der Waals surface area contributed by atoms with E-state index < -0.39 is 5.82 Å². The predicted molar refractivity (Wildman–Crippen MR) is 113 cm³/mol. The Morgan fingerprint density at radius 3 is 2.57 bits per heavy atom. The van der Waals surface area contributed by atoms with E-state index >= 15 is 0 Å². The molecule has 1 N–H and O–H groups in total. The summed E-state index contributed by atoms with van der Waals surface area (Å²) in [5.41, 5.74) is 0.298. The van der Waals surface area contributed by atoms with Crippen LogP contribution in [0.15, 0.2) is 53.7 Å². The van der Waals surface area contributed by atoms with E-state index in [1.807, 2.05) is 6.92 Å². The predicted octanol–water partition coefficient (Wildman–Crippen LogP) is 3.61. The Balaban J connectivity index is 1.80. The fourth-order valence-electron chi connectivity index (χ4n) is 2.63. The van der Waals surface area contributed by atoms with Crippen LogP contribution < -0.4 is 14.8 Å². The van der Waals surface area contributed by atoms with Gasteiger partial charge in [-0.2, -0.15) is 0 Å². The third-order valence-corrected chi connectivity index (χ3v) is 5.05. The smallest absolute Gasteiger partial charge is 0.230 e. The molecule has 1 heterocycles. The van der Waals surface area contributed by atoms with E-state index in [2.05, 4.69) is 15.5 Å². The molecule has 0 bridgehead atoms. The number of benzene rings is 2. The summed E-state index contributed by atoms with van der Waals surface area (Å²) in [7, 11) is 1.59. The van der Waals surface area contributed by atoms with Gasteiger partial charge < -0.3 is 14.8 Å². The summed E-state index contributed by atoms with van der Waals surface area (Å²) in [5, 5.41) is 11.5. The number of para-hydroxylation sites is 1. The summed E-state index contributed by atoms with van der Waals surface area (Å²) in [4.78, 5) is 12.0. The highest BCUT2D eigenvalue weighted by Crippen LogP contribution is 2.25. The standard InChI is InChI=1S/C21H23FN4O3S/c1-3-12-23-20(27)14-30-21-25-24-19(26(21)18-7-5-4-6-17(18)22)13-29-16-10-8-15(28-2)9-11-16/h4-11H,3,12-14H2,1-2H3,(H,23,27). The molecule has 0 aliphatic rings. The van der Waals surface area contributed by atoms with Gasteiger partial charge in [-0.05, 0) is 42.8 Å². The lowest BCUT2D eigenvalue weighted by Gasteiger charge is -2.12. The molecule has 0 aliphatic heterocycles. The zero-order valence-electron chi connectivity index (χ0n) is 16.8. The molecule has 0 spiro atoms. The topological polar surface area (TPSA) is 78.3 Å². The second-order valence-electron chi connectivity index (χ2n) is 6.29. The number of halogens is 1. The van der Waals surface area contributed by atoms with Crippen LogP contribution in [0.2, 0.25) is 0 Å². The molecular weight excluding hydrogens is 407 g/mol. The normalized spacial score (nSPS) is 10.6. The second-order valence-corrected chi connectivity index (χ2v) is 7.23. The molecule has 30 heavy (non-hydrogen) atoms. The van der Waals surface area contributed by atoms with Gasteiger partial charge in [0.05, 0.1) is 18.6 Å². The van der Waals surface area contributed by atoms with Gasteiger partial charge in [0.2, 0.25) is 5.91 Å². The van der Waals surface area contributed by atoms with Crippen LogP contribution in [0.1, 0.15) is 19.2 Å². The minimum absolute atomic E-state index is 0.0796. The van der Waals surface area contributed by atoms with Crippen molar-refractivity contribution in [2.75, 3.05) is 19.4 Å². The number of nitrogens with one attached hydrogen (secondary N) is 1. The summed E-state index contributed by atoms with van der Waals surface area (Å²) in [5.74, 6) is 1.39. The van der Waals surface area contributed by atoms with Crippen molar-refractivity contribution in [2.45, 2.75) is 25.1 Å². The zero-order chi connectivity index (χ0) is 21.3. The van der Waals surface area contributed by atoms with Crippen LogP contribution in [0, 0.1) is 5.82 Å². The Morgan fingerprint density at radius 1 is 1.13 bits per heavy atom. The molecule has 158 valence electrons. The van der Waals surface area contributed by atoms with Gasteiger partial charge in [0, 0.05) is 6.54 Å². The van der Waals surface area contributed by atoms with E-state index in [9.17, 15) is 9.18 Å². The van der Waals surface area contributed by atoms with Crippen molar-refractivity contribution in [3.05, 3.63) is 60.2 Å². The van der Waals surface area contributed by atoms with E-state index in [0.717, 1.165) is 12.2 Å². The van der Waals surface area contributed by atoms with Crippen LogP contribution in [0.4, 0.5) is 4.39 Å². The SMILES string of the molecule is CCCNC(=O)CSc1nnc(COc2ccc(OC)cc2)n1-c1ccccc1F. The Bertz CT molecular complexity index is 979. The molecule has 3 rings (SSSR count). The van der Waals surface area contributed by atoms with E-state index in [1.165, 1.54) is 17.8 Å². The average Bonchev–Trinajstić information content (AvgIpc) is 3.18. The summed E-state index contributed by atoms with van der Waals surface area (Å²) >= 11 is 1.20. The molecule has 1 amide bonds. The van der Waals surface area contributed by atoms with Crippen LogP contribution in [0.3, 0.4) is 0 Å². The number of aromatic nitrogens is 3. The highest BCUT2D eigenvalue weighted by molar-refractivity contribution is 7.99. The van der Waals surface area contributed by atoms with E-state index in [-0.39, 0.29) is 18.3 Å². The van der Waals surface area contributed by atoms with Gasteiger partial charge in [-0.15, -0.1) is 10.2 Å². The van der Waals surface area contributed by atoms with Crippen LogP contribution >= 0.6 is 11.8 Å². The first-order chi connectivity index (χ1) is 14.6. The number of nitrogens with zero attached hydrogens (tertiary/aromatic N) is 3. The maximum absolute atomic E-state index is 14.5. The summed E-state index contributed by atoms with van der Waals surface area (Å²) < 4.78 is 27.0. The molecule has 0 aliphatic carbocycles. The third-order valence-electron chi connectivity index (χ3n) is 4.13. The van der Waals surface area contributed by atoms with Crippen molar-refractivity contribution >= 4 is 17.7 Å². The molecule has 0 atom stereocenters. The van der Waals surface area contributed by atoms with Gasteiger partial charge in [-0.3, -0.25) is 9.36 Å². The van der Waals surface area contributed by atoms with E-state index in [0.29, 0.717) is 29.0 Å². The lowest BCUT2D eigenvalue weighted by molar-refractivity contribution is -0.118. The molecule has 0 saturated carbocycles. The van der Waals surface area contributed by atoms with Gasteiger partial charge in [0.25, 0.3) is 0 Å². The first-order valence-corrected chi connectivity index (χ1v) is 10.5. The van der Waals surface area contributed by atoms with Crippen molar-refractivity contribution < 1.29 is 18.7 Å². The maximum atomic E-state index is 14.5. The number of thioether (sulfide) groups is 1. The Labute approximate surface area is 178 Å². The van der Waals surface area contributed by atoms with Crippen LogP contribution in [0.5, 0.6) is 11.5 Å². The van der Waals surface area contributed by atoms with Crippen LogP contribution in [0.25, 0.3) is 5.69 Å². The van der Waals surface area contributed by atoms with Gasteiger partial charge in [-0.25, -0.2) is 4.39 Å². The first kappa shape index (κ1) is 21.6. The minimum atomic E-state index is -0.416. The number of ether oxygens (including phenoxy) is 2. The zero-order valence-corrected chi connectivity index (χ0v) is 17.6. The number of rotatable bonds is 10. The number of methoxy groups -OCH3 is 1. The number of hydrogen-bond donors (Lipinski definition) is 1. The molecule has 0 saturated heterocycles. The lowest BCUT2D eigenvalue weighted by atomic mass is 10.3. The average molecular weight is 431 g/mol. The Hall–Kier alpha value is -3.07. The minimum Gasteiger partial charge on any atom is -0.497 e. The Morgan fingerprint density at radius 2 is 1.87 bits per heavy atom. The lowest BCUT2D eigenvalue weighted by Crippen LogP contribution is -2.25. The largest absolute Gasteiger partial charge is 0.497 e. The molecule has 0 unspecified atom stereocenters. The van der Waals surface area contributed by atoms with Crippen molar-refractivity contribution in [1.82, 2.24) is 20.1 Å². The number of hydrogen-bond acceptors (Lipinski definition) is 6. The van der Waals surface area contributed by atoms with Gasteiger partial charge in [0.1, 0.15) is 23.9 Å². The molecular formula is C21H23FN4O3S. The van der Waals surface area contributed by atoms with Gasteiger partial charge in [-0.1, -0.05) is 30.8 Å².